The molecular formula is C16H22N4O. The molecule has 0 aliphatic rings. The highest BCUT2D eigenvalue weighted by atomic mass is 16.5. The molecule has 0 spiro atoms. The lowest BCUT2D eigenvalue weighted by Gasteiger charge is -2.14. The van der Waals surface area contributed by atoms with Crippen molar-refractivity contribution in [1.29, 1.82) is 0 Å². The Morgan fingerprint density at radius 2 is 1.90 bits per heavy atom. The highest BCUT2D eigenvalue weighted by molar-refractivity contribution is 5.65. The van der Waals surface area contributed by atoms with Crippen molar-refractivity contribution >= 4 is 17.3 Å². The van der Waals surface area contributed by atoms with Crippen LogP contribution in [0.25, 0.3) is 0 Å². The average molecular weight is 286 g/mol. The molecule has 0 aliphatic carbocycles. The number of ether oxygens (including phenoxy) is 1. The zero-order valence-electron chi connectivity index (χ0n) is 12.8. The van der Waals surface area contributed by atoms with Crippen LogP contribution in [0.2, 0.25) is 0 Å². The maximum atomic E-state index is 5.52. The second-order valence-electron chi connectivity index (χ2n) is 4.52. The minimum atomic E-state index is 0.655. The Balaban J connectivity index is 2.26. The summed E-state index contributed by atoms with van der Waals surface area (Å²) in [5.41, 5.74) is 2.04. The molecular weight excluding hydrogens is 264 g/mol. The van der Waals surface area contributed by atoms with Crippen molar-refractivity contribution in [2.45, 2.75) is 27.2 Å². The standard InChI is InChI=1S/C16H22N4O/c1-4-14-15(17-5-2)18-11-19-16(14)20-12-8-7-9-13(10-12)21-6-3/h7-11H,4-6H2,1-3H3,(H2,17,18,19,20). The summed E-state index contributed by atoms with van der Waals surface area (Å²) in [7, 11) is 0. The first-order valence-electron chi connectivity index (χ1n) is 7.36. The highest BCUT2D eigenvalue weighted by Crippen LogP contribution is 2.25. The van der Waals surface area contributed by atoms with Crippen molar-refractivity contribution in [3.63, 3.8) is 0 Å². The first kappa shape index (κ1) is 15.1. The van der Waals surface area contributed by atoms with Crippen LogP contribution in [0.1, 0.15) is 26.3 Å². The van der Waals surface area contributed by atoms with Crippen LogP contribution in [0.3, 0.4) is 0 Å². The summed E-state index contributed by atoms with van der Waals surface area (Å²) in [5, 5.41) is 6.62. The van der Waals surface area contributed by atoms with Gasteiger partial charge in [-0.15, -0.1) is 0 Å². The summed E-state index contributed by atoms with van der Waals surface area (Å²) in [6.07, 6.45) is 2.43. The molecule has 0 aliphatic heterocycles. The van der Waals surface area contributed by atoms with E-state index in [2.05, 4.69) is 34.4 Å². The number of hydrogen-bond acceptors (Lipinski definition) is 5. The van der Waals surface area contributed by atoms with Crippen LogP contribution in [-0.2, 0) is 6.42 Å². The molecule has 2 N–H and O–H groups in total. The molecule has 0 atom stereocenters. The van der Waals surface area contributed by atoms with Crippen LogP contribution >= 0.6 is 0 Å². The largest absolute Gasteiger partial charge is 0.494 e. The van der Waals surface area contributed by atoms with Crippen molar-refractivity contribution < 1.29 is 4.74 Å². The third kappa shape index (κ3) is 3.84. The molecule has 1 aromatic carbocycles. The third-order valence-electron chi connectivity index (χ3n) is 3.05. The fourth-order valence-corrected chi connectivity index (χ4v) is 2.14. The average Bonchev–Trinajstić information content (AvgIpc) is 2.49. The molecule has 0 unspecified atom stereocenters. The van der Waals surface area contributed by atoms with Crippen LogP contribution in [0.5, 0.6) is 5.75 Å². The summed E-state index contributed by atoms with van der Waals surface area (Å²) in [5.74, 6) is 2.57. The van der Waals surface area contributed by atoms with Crippen LogP contribution in [0, 0.1) is 0 Å². The Hall–Kier alpha value is -2.30. The first-order valence-corrected chi connectivity index (χ1v) is 7.36. The molecule has 0 saturated heterocycles. The van der Waals surface area contributed by atoms with E-state index in [9.17, 15) is 0 Å². The van der Waals surface area contributed by atoms with Crippen LogP contribution in [0.15, 0.2) is 30.6 Å². The molecule has 112 valence electrons. The summed E-state index contributed by atoms with van der Waals surface area (Å²) >= 11 is 0. The van der Waals surface area contributed by atoms with E-state index in [1.165, 1.54) is 0 Å². The van der Waals surface area contributed by atoms with E-state index in [4.69, 9.17) is 4.74 Å². The first-order chi connectivity index (χ1) is 10.3. The van der Waals surface area contributed by atoms with E-state index in [0.717, 1.165) is 41.6 Å². The van der Waals surface area contributed by atoms with E-state index in [1.54, 1.807) is 6.33 Å². The van der Waals surface area contributed by atoms with Crippen molar-refractivity contribution in [3.05, 3.63) is 36.2 Å². The van der Waals surface area contributed by atoms with Gasteiger partial charge in [-0.2, -0.15) is 0 Å². The fourth-order valence-electron chi connectivity index (χ4n) is 2.14. The summed E-state index contributed by atoms with van der Waals surface area (Å²) in [4.78, 5) is 8.66. The lowest BCUT2D eigenvalue weighted by Crippen LogP contribution is -2.07. The summed E-state index contributed by atoms with van der Waals surface area (Å²) in [6.45, 7) is 7.62. The number of hydrogen-bond donors (Lipinski definition) is 2. The molecule has 21 heavy (non-hydrogen) atoms. The second-order valence-corrected chi connectivity index (χ2v) is 4.52. The van der Waals surface area contributed by atoms with Crippen LogP contribution in [-0.4, -0.2) is 23.1 Å². The van der Waals surface area contributed by atoms with Gasteiger partial charge in [-0.1, -0.05) is 13.0 Å². The van der Waals surface area contributed by atoms with E-state index < -0.39 is 0 Å². The summed E-state index contributed by atoms with van der Waals surface area (Å²) < 4.78 is 5.52. The molecule has 2 rings (SSSR count). The quantitative estimate of drug-likeness (QED) is 0.814. The van der Waals surface area contributed by atoms with Crippen LogP contribution in [0.4, 0.5) is 17.3 Å². The van der Waals surface area contributed by atoms with Gasteiger partial charge in [0.2, 0.25) is 0 Å². The zero-order chi connectivity index (χ0) is 15.1. The number of benzene rings is 1. The Morgan fingerprint density at radius 1 is 1.10 bits per heavy atom. The highest BCUT2D eigenvalue weighted by Gasteiger charge is 2.09. The van der Waals surface area contributed by atoms with Crippen LogP contribution < -0.4 is 15.4 Å². The van der Waals surface area contributed by atoms with Crippen molar-refractivity contribution in [2.24, 2.45) is 0 Å². The van der Waals surface area contributed by atoms with E-state index in [-0.39, 0.29) is 0 Å². The van der Waals surface area contributed by atoms with Gasteiger partial charge < -0.3 is 15.4 Å². The van der Waals surface area contributed by atoms with Gasteiger partial charge in [-0.3, -0.25) is 0 Å². The number of nitrogens with one attached hydrogen (secondary N) is 2. The Morgan fingerprint density at radius 3 is 2.62 bits per heavy atom. The van der Waals surface area contributed by atoms with Crippen molar-refractivity contribution in [2.75, 3.05) is 23.8 Å². The van der Waals surface area contributed by atoms with Gasteiger partial charge >= 0.3 is 0 Å². The van der Waals surface area contributed by atoms with E-state index in [1.807, 2.05) is 31.2 Å². The number of nitrogens with zero attached hydrogens (tertiary/aromatic N) is 2. The maximum Gasteiger partial charge on any atom is 0.139 e. The summed E-state index contributed by atoms with van der Waals surface area (Å²) in [6, 6.07) is 7.87. The fraction of sp³-hybridized carbons (Fsp3) is 0.375. The predicted octanol–water partition coefficient (Wildman–Crippen LogP) is 3.61. The Labute approximate surface area is 125 Å². The van der Waals surface area contributed by atoms with Gasteiger partial charge in [0.1, 0.15) is 23.7 Å². The normalized spacial score (nSPS) is 10.2. The van der Waals surface area contributed by atoms with E-state index >= 15 is 0 Å². The number of rotatable bonds is 7. The van der Waals surface area contributed by atoms with Gasteiger partial charge in [0.05, 0.1) is 6.61 Å². The molecule has 1 aromatic heterocycles. The van der Waals surface area contributed by atoms with Gasteiger partial charge in [0.15, 0.2) is 0 Å². The van der Waals surface area contributed by atoms with Crippen molar-refractivity contribution in [3.8, 4) is 5.75 Å². The van der Waals surface area contributed by atoms with Gasteiger partial charge in [0.25, 0.3) is 0 Å². The smallest absolute Gasteiger partial charge is 0.139 e. The number of aromatic nitrogens is 2. The molecule has 0 bridgehead atoms. The second kappa shape index (κ2) is 7.47. The molecule has 0 fully saturated rings. The Bertz CT molecular complexity index is 586. The maximum absolute atomic E-state index is 5.52. The molecule has 0 amide bonds. The lowest BCUT2D eigenvalue weighted by molar-refractivity contribution is 0.340. The monoisotopic (exact) mass is 286 g/mol. The topological polar surface area (TPSA) is 59.1 Å². The van der Waals surface area contributed by atoms with E-state index in [0.29, 0.717) is 6.61 Å². The Kier molecular flexibility index (Phi) is 5.37. The molecule has 0 radical (unpaired) electrons. The van der Waals surface area contributed by atoms with Gasteiger partial charge in [0, 0.05) is 23.9 Å². The number of anilines is 3. The minimum Gasteiger partial charge on any atom is -0.494 e. The van der Waals surface area contributed by atoms with Gasteiger partial charge in [-0.05, 0) is 32.4 Å². The molecule has 2 aromatic rings. The molecule has 1 heterocycles. The van der Waals surface area contributed by atoms with Gasteiger partial charge in [-0.25, -0.2) is 9.97 Å². The zero-order valence-corrected chi connectivity index (χ0v) is 12.8. The molecule has 5 nitrogen and oxygen atoms in total. The SMILES string of the molecule is CCNc1ncnc(Nc2cccc(OCC)c2)c1CC. The molecule has 5 heteroatoms. The minimum absolute atomic E-state index is 0.655. The predicted molar refractivity (Wildman–Crippen MR) is 86.5 cm³/mol. The third-order valence-corrected chi connectivity index (χ3v) is 3.05. The lowest BCUT2D eigenvalue weighted by atomic mass is 10.2. The molecule has 0 saturated carbocycles. The van der Waals surface area contributed by atoms with Crippen molar-refractivity contribution in [1.82, 2.24) is 9.97 Å².